The van der Waals surface area contributed by atoms with Gasteiger partial charge in [0.25, 0.3) is 0 Å². The zero-order valence-corrected chi connectivity index (χ0v) is 11.9. The van der Waals surface area contributed by atoms with Gasteiger partial charge in [0.2, 0.25) is 0 Å². The maximum Gasteiger partial charge on any atom is 0.150 e. The van der Waals surface area contributed by atoms with Crippen LogP contribution in [0.4, 0.5) is 0 Å². The molecular formula is C13H26O2S. The lowest BCUT2D eigenvalue weighted by Crippen LogP contribution is -2.15. The Hall–Kier alpha value is -0.0500. The van der Waals surface area contributed by atoms with Crippen LogP contribution in [0.1, 0.15) is 53.4 Å². The van der Waals surface area contributed by atoms with E-state index >= 15 is 0 Å². The van der Waals surface area contributed by atoms with Gasteiger partial charge in [0.1, 0.15) is 0 Å². The van der Waals surface area contributed by atoms with Crippen LogP contribution >= 0.6 is 0 Å². The van der Waals surface area contributed by atoms with Gasteiger partial charge < -0.3 is 0 Å². The average Bonchev–Trinajstić information content (AvgIpc) is 2.37. The van der Waals surface area contributed by atoms with E-state index in [1.54, 1.807) is 0 Å². The van der Waals surface area contributed by atoms with Crippen molar-refractivity contribution in [3.63, 3.8) is 0 Å². The van der Waals surface area contributed by atoms with E-state index in [4.69, 9.17) is 0 Å². The van der Waals surface area contributed by atoms with Crippen molar-refractivity contribution in [2.45, 2.75) is 53.4 Å². The van der Waals surface area contributed by atoms with Gasteiger partial charge in [-0.05, 0) is 36.5 Å². The predicted molar refractivity (Wildman–Crippen MR) is 69.2 cm³/mol. The van der Waals surface area contributed by atoms with Crippen LogP contribution < -0.4 is 0 Å². The fourth-order valence-corrected chi connectivity index (χ4v) is 4.94. The van der Waals surface area contributed by atoms with Crippen LogP contribution in [-0.2, 0) is 9.84 Å². The SMILES string of the molecule is CCCC1CS(=O)(=O)CC1CCC(C)(C)C. The molecule has 0 aromatic rings. The summed E-state index contributed by atoms with van der Waals surface area (Å²) < 4.78 is 23.3. The molecule has 0 radical (unpaired) electrons. The summed E-state index contributed by atoms with van der Waals surface area (Å²) in [6.45, 7) is 8.83. The average molecular weight is 246 g/mol. The van der Waals surface area contributed by atoms with Crippen molar-refractivity contribution in [1.29, 1.82) is 0 Å². The van der Waals surface area contributed by atoms with Crippen molar-refractivity contribution >= 4 is 9.84 Å². The van der Waals surface area contributed by atoms with Crippen LogP contribution in [0.5, 0.6) is 0 Å². The molecule has 3 heteroatoms. The number of rotatable bonds is 4. The van der Waals surface area contributed by atoms with Gasteiger partial charge in [0.15, 0.2) is 9.84 Å². The molecule has 1 saturated heterocycles. The number of sulfone groups is 1. The molecule has 1 fully saturated rings. The first kappa shape index (κ1) is 14.0. The minimum absolute atomic E-state index is 0.323. The second-order valence-corrected chi connectivity index (χ2v) is 8.64. The van der Waals surface area contributed by atoms with E-state index in [0.717, 1.165) is 25.7 Å². The Morgan fingerprint density at radius 2 is 1.56 bits per heavy atom. The highest BCUT2D eigenvalue weighted by molar-refractivity contribution is 7.91. The van der Waals surface area contributed by atoms with Crippen molar-refractivity contribution in [2.24, 2.45) is 17.3 Å². The third-order valence-electron chi connectivity index (χ3n) is 3.53. The van der Waals surface area contributed by atoms with Gasteiger partial charge in [0.05, 0.1) is 11.5 Å². The molecule has 0 N–H and O–H groups in total. The minimum atomic E-state index is -2.73. The van der Waals surface area contributed by atoms with Crippen LogP contribution in [0.3, 0.4) is 0 Å². The fourth-order valence-electron chi connectivity index (χ4n) is 2.62. The standard InChI is InChI=1S/C13H26O2S/c1-5-6-11-9-16(14,15)10-12(11)7-8-13(2,3)4/h11-12H,5-10H2,1-4H3. The Bertz CT molecular complexity index is 311. The number of hydrogen-bond donors (Lipinski definition) is 0. The summed E-state index contributed by atoms with van der Waals surface area (Å²) in [6, 6.07) is 0. The van der Waals surface area contributed by atoms with E-state index in [2.05, 4.69) is 27.7 Å². The van der Waals surface area contributed by atoms with E-state index in [0.29, 0.717) is 28.8 Å². The second-order valence-electron chi connectivity index (χ2n) is 6.49. The van der Waals surface area contributed by atoms with Crippen molar-refractivity contribution in [1.82, 2.24) is 0 Å². The molecule has 0 aromatic carbocycles. The lowest BCUT2D eigenvalue weighted by molar-refractivity contribution is 0.289. The minimum Gasteiger partial charge on any atom is -0.229 e. The molecule has 2 atom stereocenters. The van der Waals surface area contributed by atoms with Gasteiger partial charge in [0, 0.05) is 0 Å². The largest absolute Gasteiger partial charge is 0.229 e. The summed E-state index contributed by atoms with van der Waals surface area (Å²) in [4.78, 5) is 0. The molecule has 1 aliphatic heterocycles. The first-order valence-electron chi connectivity index (χ1n) is 6.44. The quantitative estimate of drug-likeness (QED) is 0.763. The topological polar surface area (TPSA) is 34.1 Å². The van der Waals surface area contributed by atoms with Crippen molar-refractivity contribution in [3.05, 3.63) is 0 Å². The summed E-state index contributed by atoms with van der Waals surface area (Å²) in [6.07, 6.45) is 4.39. The first-order chi connectivity index (χ1) is 7.23. The Morgan fingerprint density at radius 3 is 2.00 bits per heavy atom. The van der Waals surface area contributed by atoms with Gasteiger partial charge in [-0.15, -0.1) is 0 Å². The van der Waals surface area contributed by atoms with Crippen LogP contribution in [0.2, 0.25) is 0 Å². The summed E-state index contributed by atoms with van der Waals surface area (Å²) in [5.74, 6) is 1.73. The summed E-state index contributed by atoms with van der Waals surface area (Å²) in [5, 5.41) is 0. The van der Waals surface area contributed by atoms with E-state index in [9.17, 15) is 8.42 Å². The highest BCUT2D eigenvalue weighted by Crippen LogP contribution is 2.35. The molecular weight excluding hydrogens is 220 g/mol. The van der Waals surface area contributed by atoms with Gasteiger partial charge in [-0.1, -0.05) is 34.1 Å². The molecule has 0 aromatic heterocycles. The molecule has 0 bridgehead atoms. The molecule has 0 aliphatic carbocycles. The van der Waals surface area contributed by atoms with E-state index < -0.39 is 9.84 Å². The third kappa shape index (κ3) is 4.44. The third-order valence-corrected chi connectivity index (χ3v) is 5.40. The van der Waals surface area contributed by atoms with Gasteiger partial charge in [-0.2, -0.15) is 0 Å². The van der Waals surface area contributed by atoms with Crippen molar-refractivity contribution < 1.29 is 8.42 Å². The Labute approximate surface area is 101 Å². The summed E-state index contributed by atoms with van der Waals surface area (Å²) >= 11 is 0. The van der Waals surface area contributed by atoms with Crippen molar-refractivity contribution in [3.8, 4) is 0 Å². The molecule has 1 heterocycles. The van der Waals surface area contributed by atoms with Gasteiger partial charge in [-0.25, -0.2) is 8.42 Å². The predicted octanol–water partition coefficient (Wildman–Crippen LogP) is 3.27. The number of hydrogen-bond acceptors (Lipinski definition) is 2. The summed E-state index contributed by atoms with van der Waals surface area (Å²) in [5.41, 5.74) is 0.323. The summed E-state index contributed by atoms with van der Waals surface area (Å²) in [7, 11) is -2.73. The van der Waals surface area contributed by atoms with Crippen LogP contribution in [-0.4, -0.2) is 19.9 Å². The first-order valence-corrected chi connectivity index (χ1v) is 8.26. The molecule has 16 heavy (non-hydrogen) atoms. The lowest BCUT2D eigenvalue weighted by atomic mass is 9.82. The zero-order chi connectivity index (χ0) is 12.4. The van der Waals surface area contributed by atoms with Gasteiger partial charge in [-0.3, -0.25) is 0 Å². The highest BCUT2D eigenvalue weighted by atomic mass is 32.2. The Kier molecular flexibility index (Phi) is 4.44. The van der Waals surface area contributed by atoms with E-state index in [-0.39, 0.29) is 0 Å². The molecule has 0 saturated carbocycles. The molecule has 2 unspecified atom stereocenters. The smallest absolute Gasteiger partial charge is 0.150 e. The molecule has 0 amide bonds. The van der Waals surface area contributed by atoms with E-state index in [1.165, 1.54) is 0 Å². The normalized spacial score (nSPS) is 29.5. The molecule has 1 rings (SSSR count). The maximum absolute atomic E-state index is 11.7. The second kappa shape index (κ2) is 5.07. The van der Waals surface area contributed by atoms with Crippen LogP contribution in [0.15, 0.2) is 0 Å². The molecule has 1 aliphatic rings. The lowest BCUT2D eigenvalue weighted by Gasteiger charge is -2.23. The Morgan fingerprint density at radius 1 is 1.06 bits per heavy atom. The monoisotopic (exact) mass is 246 g/mol. The van der Waals surface area contributed by atoms with Crippen LogP contribution in [0.25, 0.3) is 0 Å². The van der Waals surface area contributed by atoms with E-state index in [1.807, 2.05) is 0 Å². The maximum atomic E-state index is 11.7. The van der Waals surface area contributed by atoms with Crippen molar-refractivity contribution in [2.75, 3.05) is 11.5 Å². The molecule has 2 nitrogen and oxygen atoms in total. The Balaban J connectivity index is 2.56. The van der Waals surface area contributed by atoms with Crippen LogP contribution in [0, 0.1) is 17.3 Å². The van der Waals surface area contributed by atoms with Gasteiger partial charge >= 0.3 is 0 Å². The molecule has 96 valence electrons. The fraction of sp³-hybridized carbons (Fsp3) is 1.00. The zero-order valence-electron chi connectivity index (χ0n) is 11.1. The molecule has 0 spiro atoms. The highest BCUT2D eigenvalue weighted by Gasteiger charge is 2.36.